The maximum absolute atomic E-state index is 9.74. The van der Waals surface area contributed by atoms with Crippen LogP contribution in [0.25, 0.3) is 0 Å². The summed E-state index contributed by atoms with van der Waals surface area (Å²) < 4.78 is 8.22. The van der Waals surface area contributed by atoms with Crippen molar-refractivity contribution < 1.29 is 8.83 Å². The van der Waals surface area contributed by atoms with Crippen molar-refractivity contribution in [2.24, 2.45) is 0 Å². The van der Waals surface area contributed by atoms with E-state index in [1.165, 1.54) is 12.5 Å². The van der Waals surface area contributed by atoms with E-state index in [1.807, 2.05) is 6.92 Å². The van der Waals surface area contributed by atoms with Crippen LogP contribution in [-0.4, -0.2) is 0 Å². The van der Waals surface area contributed by atoms with Gasteiger partial charge in [-0.2, -0.15) is 0 Å². The van der Waals surface area contributed by atoms with Gasteiger partial charge in [0.25, 0.3) is 0 Å². The highest BCUT2D eigenvalue weighted by Crippen LogP contribution is 1.70. The Labute approximate surface area is 52.6 Å². The van der Waals surface area contributed by atoms with Gasteiger partial charge in [-0.15, -0.1) is 6.58 Å². The molecule has 50 valence electrons. The molecule has 0 aliphatic rings. The van der Waals surface area contributed by atoms with E-state index < -0.39 is 5.82 Å². The van der Waals surface area contributed by atoms with Gasteiger partial charge in [0.05, 0.1) is 0 Å². The van der Waals surface area contributed by atoms with Gasteiger partial charge in [-0.1, -0.05) is 6.08 Å². The van der Waals surface area contributed by atoms with Crippen molar-refractivity contribution in [3.05, 3.63) is 35.8 Å². The van der Waals surface area contributed by atoms with Crippen LogP contribution in [0.1, 0.15) is 6.92 Å². The Morgan fingerprint density at radius 2 is 1.89 bits per heavy atom. The lowest BCUT2D eigenvalue weighted by atomic mass is 10.8. The van der Waals surface area contributed by atoms with E-state index in [0.717, 1.165) is 0 Å². The number of hydrogen-bond donors (Lipinski definition) is 0. The summed E-state index contributed by atoms with van der Waals surface area (Å²) in [4.78, 5) is 9.74. The van der Waals surface area contributed by atoms with Gasteiger partial charge in [-0.05, 0) is 6.92 Å². The molecule has 3 nitrogen and oxygen atoms in total. The second kappa shape index (κ2) is 4.90. The van der Waals surface area contributed by atoms with Gasteiger partial charge in [0, 0.05) is 0 Å². The summed E-state index contributed by atoms with van der Waals surface area (Å²) in [5.74, 6) is -0.657. The van der Waals surface area contributed by atoms with Gasteiger partial charge in [0.1, 0.15) is 12.5 Å². The highest BCUT2D eigenvalue weighted by atomic mass is 16.5. The van der Waals surface area contributed by atoms with Crippen LogP contribution in [0.4, 0.5) is 0 Å². The minimum absolute atomic E-state index is 0.657. The first kappa shape index (κ1) is 7.75. The van der Waals surface area contributed by atoms with Gasteiger partial charge in [-0.3, -0.25) is 0 Å². The molecule has 0 fully saturated rings. The molecule has 0 amide bonds. The second-order valence-electron chi connectivity index (χ2n) is 1.17. The molecule has 1 heterocycles. The second-order valence-corrected chi connectivity index (χ2v) is 1.17. The molecule has 0 saturated carbocycles. The molecular weight excluding hydrogens is 120 g/mol. The molecule has 1 aromatic heterocycles. The van der Waals surface area contributed by atoms with E-state index in [0.29, 0.717) is 0 Å². The molecule has 0 aromatic carbocycles. The molecule has 0 aliphatic heterocycles. The Morgan fingerprint density at radius 1 is 1.56 bits per heavy atom. The predicted octanol–water partition coefficient (Wildman–Crippen LogP) is 1.43. The van der Waals surface area contributed by atoms with Gasteiger partial charge >= 0.3 is 5.82 Å². The minimum atomic E-state index is -0.657. The fraction of sp³-hybridized carbons (Fsp3) is 0.167. The largest absolute Gasteiger partial charge is 0.518 e. The minimum Gasteiger partial charge on any atom is -0.399 e. The first-order chi connectivity index (χ1) is 4.31. The molecular formula is C6H8O3. The third-order valence-corrected chi connectivity index (χ3v) is 0.384. The Kier molecular flexibility index (Phi) is 4.22. The topological polar surface area (TPSA) is 43.4 Å². The Hall–Kier alpha value is -1.25. The van der Waals surface area contributed by atoms with Crippen LogP contribution in [-0.2, 0) is 0 Å². The molecule has 0 bridgehead atoms. The fourth-order valence-electron chi connectivity index (χ4n) is 0.194. The third kappa shape index (κ3) is 4.61. The Bertz CT molecular complexity index is 179. The molecule has 0 N–H and O–H groups in total. The zero-order valence-corrected chi connectivity index (χ0v) is 5.16. The van der Waals surface area contributed by atoms with Gasteiger partial charge in [0.2, 0.25) is 0 Å². The lowest BCUT2D eigenvalue weighted by molar-refractivity contribution is 0.385. The van der Waals surface area contributed by atoms with Crippen molar-refractivity contribution in [1.82, 2.24) is 0 Å². The first-order valence-corrected chi connectivity index (χ1v) is 2.40. The smallest absolute Gasteiger partial charge is 0.399 e. The van der Waals surface area contributed by atoms with Gasteiger partial charge < -0.3 is 8.83 Å². The summed E-state index contributed by atoms with van der Waals surface area (Å²) in [5.41, 5.74) is 0. The van der Waals surface area contributed by atoms with Crippen molar-refractivity contribution in [2.75, 3.05) is 0 Å². The average Bonchev–Trinajstić information content (AvgIpc) is 2.20. The van der Waals surface area contributed by atoms with E-state index >= 15 is 0 Å². The monoisotopic (exact) mass is 128 g/mol. The van der Waals surface area contributed by atoms with Crippen molar-refractivity contribution in [2.45, 2.75) is 6.92 Å². The zero-order chi connectivity index (χ0) is 7.11. The van der Waals surface area contributed by atoms with Crippen LogP contribution in [0.15, 0.2) is 38.8 Å². The molecule has 0 saturated heterocycles. The standard InChI is InChI=1S/C3H2O3.C3H6/c4-3-5-1-2-6-3;1-3-2/h1-2H;3H,1H2,2H3. The fourth-order valence-corrected chi connectivity index (χ4v) is 0.194. The van der Waals surface area contributed by atoms with Gasteiger partial charge in [-0.25, -0.2) is 4.79 Å². The highest BCUT2D eigenvalue weighted by molar-refractivity contribution is 4.51. The number of hydrogen-bond acceptors (Lipinski definition) is 3. The van der Waals surface area contributed by atoms with Crippen LogP contribution in [0.3, 0.4) is 0 Å². The molecule has 0 aliphatic carbocycles. The molecule has 1 rings (SSSR count). The molecule has 0 atom stereocenters. The van der Waals surface area contributed by atoms with Crippen LogP contribution in [0.2, 0.25) is 0 Å². The maximum atomic E-state index is 9.74. The number of rotatable bonds is 0. The lowest BCUT2D eigenvalue weighted by Gasteiger charge is -1.49. The molecule has 0 spiro atoms. The normalized spacial score (nSPS) is 7.22. The van der Waals surface area contributed by atoms with Crippen molar-refractivity contribution in [3.63, 3.8) is 0 Å². The van der Waals surface area contributed by atoms with Crippen LogP contribution in [0, 0.1) is 0 Å². The summed E-state index contributed by atoms with van der Waals surface area (Å²) in [7, 11) is 0. The van der Waals surface area contributed by atoms with E-state index in [1.54, 1.807) is 6.08 Å². The average molecular weight is 128 g/mol. The SMILES string of the molecule is C=CC.O=c1occo1. The molecule has 0 unspecified atom stereocenters. The number of allylic oxidation sites excluding steroid dienone is 1. The quantitative estimate of drug-likeness (QED) is 0.496. The summed E-state index contributed by atoms with van der Waals surface area (Å²) in [6.07, 6.45) is 4.12. The highest BCUT2D eigenvalue weighted by Gasteiger charge is 1.77. The molecule has 1 aromatic rings. The lowest BCUT2D eigenvalue weighted by Crippen LogP contribution is -1.83. The van der Waals surface area contributed by atoms with Crippen molar-refractivity contribution in [1.29, 1.82) is 0 Å². The Morgan fingerprint density at radius 3 is 2.00 bits per heavy atom. The van der Waals surface area contributed by atoms with Crippen LogP contribution < -0.4 is 5.82 Å². The zero-order valence-electron chi connectivity index (χ0n) is 5.16. The summed E-state index contributed by atoms with van der Waals surface area (Å²) in [6.45, 7) is 5.25. The van der Waals surface area contributed by atoms with Crippen LogP contribution in [0.5, 0.6) is 0 Å². The van der Waals surface area contributed by atoms with E-state index in [9.17, 15) is 4.79 Å². The summed E-state index contributed by atoms with van der Waals surface area (Å²) >= 11 is 0. The Balaban J connectivity index is 0.000000187. The maximum Gasteiger partial charge on any atom is 0.518 e. The third-order valence-electron chi connectivity index (χ3n) is 0.384. The molecule has 0 radical (unpaired) electrons. The van der Waals surface area contributed by atoms with Crippen molar-refractivity contribution in [3.8, 4) is 0 Å². The van der Waals surface area contributed by atoms with E-state index in [4.69, 9.17) is 0 Å². The van der Waals surface area contributed by atoms with E-state index in [-0.39, 0.29) is 0 Å². The van der Waals surface area contributed by atoms with Gasteiger partial charge in [0.15, 0.2) is 0 Å². The first-order valence-electron chi connectivity index (χ1n) is 2.40. The summed E-state index contributed by atoms with van der Waals surface area (Å²) in [6, 6.07) is 0. The molecule has 3 heteroatoms. The summed E-state index contributed by atoms with van der Waals surface area (Å²) in [5, 5.41) is 0. The predicted molar refractivity (Wildman–Crippen MR) is 33.1 cm³/mol. The van der Waals surface area contributed by atoms with Crippen molar-refractivity contribution >= 4 is 0 Å². The molecule has 9 heavy (non-hydrogen) atoms. The van der Waals surface area contributed by atoms with Crippen LogP contribution >= 0.6 is 0 Å². The van der Waals surface area contributed by atoms with E-state index in [2.05, 4.69) is 15.4 Å².